The van der Waals surface area contributed by atoms with Gasteiger partial charge in [-0.1, -0.05) is 0 Å². The van der Waals surface area contributed by atoms with Gasteiger partial charge in [0.25, 0.3) is 0 Å². The number of hydrogen-bond donors (Lipinski definition) is 2. The number of ether oxygens (including phenoxy) is 1. The molecule has 110 valence electrons. The van der Waals surface area contributed by atoms with E-state index in [9.17, 15) is 9.59 Å². The first-order valence-electron chi connectivity index (χ1n) is 6.48. The van der Waals surface area contributed by atoms with Gasteiger partial charge in [0.2, 0.25) is 5.91 Å². The molecule has 20 heavy (non-hydrogen) atoms. The summed E-state index contributed by atoms with van der Waals surface area (Å²) in [7, 11) is 0. The molecule has 1 aromatic rings. The summed E-state index contributed by atoms with van der Waals surface area (Å²) in [5.41, 5.74) is 0.309. The van der Waals surface area contributed by atoms with Gasteiger partial charge in [-0.05, 0) is 27.7 Å². The SMILES string of the molecule is Cc1nc(NC(=O)OC(C)(C)C)sc1C1CNC(=O)C1. The van der Waals surface area contributed by atoms with E-state index in [1.165, 1.54) is 11.3 Å². The maximum absolute atomic E-state index is 11.7. The van der Waals surface area contributed by atoms with Crippen molar-refractivity contribution in [3.8, 4) is 0 Å². The number of anilines is 1. The third kappa shape index (κ3) is 3.69. The number of carbonyl (C=O) groups is 2. The maximum atomic E-state index is 11.7. The van der Waals surface area contributed by atoms with Crippen LogP contribution in [0, 0.1) is 6.92 Å². The van der Waals surface area contributed by atoms with Gasteiger partial charge in [-0.15, -0.1) is 11.3 Å². The summed E-state index contributed by atoms with van der Waals surface area (Å²) >= 11 is 1.40. The second kappa shape index (κ2) is 5.40. The fourth-order valence-electron chi connectivity index (χ4n) is 2.02. The van der Waals surface area contributed by atoms with E-state index in [0.29, 0.717) is 18.1 Å². The van der Waals surface area contributed by atoms with Crippen LogP contribution < -0.4 is 10.6 Å². The van der Waals surface area contributed by atoms with E-state index in [2.05, 4.69) is 15.6 Å². The molecule has 1 fully saturated rings. The van der Waals surface area contributed by atoms with Crippen LogP contribution in [0.1, 0.15) is 43.7 Å². The van der Waals surface area contributed by atoms with E-state index >= 15 is 0 Å². The van der Waals surface area contributed by atoms with Crippen LogP contribution in [0.25, 0.3) is 0 Å². The van der Waals surface area contributed by atoms with Crippen molar-refractivity contribution in [2.45, 2.75) is 45.6 Å². The lowest BCUT2D eigenvalue weighted by molar-refractivity contribution is -0.119. The van der Waals surface area contributed by atoms with Crippen molar-refractivity contribution in [2.75, 3.05) is 11.9 Å². The predicted molar refractivity (Wildman–Crippen MR) is 77.1 cm³/mol. The van der Waals surface area contributed by atoms with Crippen LogP contribution in [0.15, 0.2) is 0 Å². The highest BCUT2D eigenvalue weighted by Gasteiger charge is 2.27. The minimum atomic E-state index is -0.541. The van der Waals surface area contributed by atoms with Gasteiger partial charge in [-0.2, -0.15) is 0 Å². The number of carbonyl (C=O) groups excluding carboxylic acids is 2. The van der Waals surface area contributed by atoms with Crippen molar-refractivity contribution < 1.29 is 14.3 Å². The molecule has 2 amide bonds. The van der Waals surface area contributed by atoms with Gasteiger partial charge in [-0.25, -0.2) is 9.78 Å². The molecule has 0 bridgehead atoms. The lowest BCUT2D eigenvalue weighted by Crippen LogP contribution is -2.27. The Bertz CT molecular complexity index is 533. The summed E-state index contributed by atoms with van der Waals surface area (Å²) in [6, 6.07) is 0. The van der Waals surface area contributed by atoms with E-state index in [-0.39, 0.29) is 11.8 Å². The first-order chi connectivity index (χ1) is 9.24. The second-order valence-corrected chi connectivity index (χ2v) is 6.83. The number of amides is 2. The van der Waals surface area contributed by atoms with Crippen molar-refractivity contribution in [1.29, 1.82) is 0 Å². The first kappa shape index (κ1) is 14.8. The van der Waals surface area contributed by atoms with Gasteiger partial charge in [-0.3, -0.25) is 10.1 Å². The smallest absolute Gasteiger partial charge is 0.413 e. The molecule has 0 spiro atoms. The number of aromatic nitrogens is 1. The normalized spacial score (nSPS) is 18.8. The molecule has 2 rings (SSSR count). The summed E-state index contributed by atoms with van der Waals surface area (Å²) in [6.45, 7) is 7.94. The van der Waals surface area contributed by atoms with Crippen LogP contribution in [0.5, 0.6) is 0 Å². The topological polar surface area (TPSA) is 80.3 Å². The molecule has 1 unspecified atom stereocenters. The molecule has 0 saturated carbocycles. The molecular formula is C13H19N3O3S. The lowest BCUT2D eigenvalue weighted by Gasteiger charge is -2.18. The molecule has 1 aromatic heterocycles. The van der Waals surface area contributed by atoms with Gasteiger partial charge in [0.1, 0.15) is 5.60 Å². The largest absolute Gasteiger partial charge is 0.444 e. The average Bonchev–Trinajstić information content (AvgIpc) is 2.82. The highest BCUT2D eigenvalue weighted by Crippen LogP contribution is 2.33. The molecule has 7 heteroatoms. The molecule has 1 aliphatic heterocycles. The van der Waals surface area contributed by atoms with E-state index in [1.807, 2.05) is 6.92 Å². The summed E-state index contributed by atoms with van der Waals surface area (Å²) in [5, 5.41) is 5.95. The van der Waals surface area contributed by atoms with Gasteiger partial charge in [0.05, 0.1) is 5.69 Å². The summed E-state index contributed by atoms with van der Waals surface area (Å²) in [5.74, 6) is 0.207. The first-order valence-corrected chi connectivity index (χ1v) is 7.30. The maximum Gasteiger partial charge on any atom is 0.413 e. The van der Waals surface area contributed by atoms with Crippen LogP contribution in [0.3, 0.4) is 0 Å². The molecule has 1 saturated heterocycles. The minimum Gasteiger partial charge on any atom is -0.444 e. The molecule has 6 nitrogen and oxygen atoms in total. The van der Waals surface area contributed by atoms with Crippen molar-refractivity contribution in [3.63, 3.8) is 0 Å². The zero-order valence-electron chi connectivity index (χ0n) is 12.1. The molecule has 0 radical (unpaired) electrons. The van der Waals surface area contributed by atoms with Crippen LogP contribution in [-0.4, -0.2) is 29.1 Å². The Morgan fingerprint density at radius 2 is 2.20 bits per heavy atom. The lowest BCUT2D eigenvalue weighted by atomic mass is 10.1. The monoisotopic (exact) mass is 297 g/mol. The Morgan fingerprint density at radius 3 is 2.75 bits per heavy atom. The summed E-state index contributed by atoms with van der Waals surface area (Å²) in [6.07, 6.45) is -0.0343. The molecular weight excluding hydrogens is 278 g/mol. The van der Waals surface area contributed by atoms with Crippen molar-refractivity contribution >= 4 is 28.5 Å². The minimum absolute atomic E-state index is 0.0597. The zero-order valence-corrected chi connectivity index (χ0v) is 12.9. The van der Waals surface area contributed by atoms with Crippen LogP contribution >= 0.6 is 11.3 Å². The van der Waals surface area contributed by atoms with E-state index in [4.69, 9.17) is 4.74 Å². The van der Waals surface area contributed by atoms with Gasteiger partial charge in [0, 0.05) is 23.8 Å². The predicted octanol–water partition coefficient (Wildman–Crippen LogP) is 2.40. The average molecular weight is 297 g/mol. The molecule has 1 aliphatic rings. The van der Waals surface area contributed by atoms with Gasteiger partial charge < -0.3 is 10.1 Å². The Balaban J connectivity index is 2.04. The van der Waals surface area contributed by atoms with Gasteiger partial charge >= 0.3 is 6.09 Å². The molecule has 0 aliphatic carbocycles. The number of hydrogen-bond acceptors (Lipinski definition) is 5. The fraction of sp³-hybridized carbons (Fsp3) is 0.615. The van der Waals surface area contributed by atoms with E-state index in [1.54, 1.807) is 20.8 Å². The van der Waals surface area contributed by atoms with Crippen LogP contribution in [-0.2, 0) is 9.53 Å². The Morgan fingerprint density at radius 1 is 1.50 bits per heavy atom. The number of nitrogens with one attached hydrogen (secondary N) is 2. The molecule has 2 heterocycles. The van der Waals surface area contributed by atoms with Crippen molar-refractivity contribution in [2.24, 2.45) is 0 Å². The van der Waals surface area contributed by atoms with E-state index in [0.717, 1.165) is 10.6 Å². The third-order valence-corrected chi connectivity index (χ3v) is 4.02. The standard InChI is InChI=1S/C13H19N3O3S/c1-7-10(8-5-9(17)14-6-8)20-11(15-7)16-12(18)19-13(2,3)4/h8H,5-6H2,1-4H3,(H,14,17)(H,15,16,18). The summed E-state index contributed by atoms with van der Waals surface area (Å²) in [4.78, 5) is 28.3. The Labute approximate surface area is 121 Å². The molecule has 1 atom stereocenters. The molecule has 2 N–H and O–H groups in total. The highest BCUT2D eigenvalue weighted by molar-refractivity contribution is 7.16. The Hall–Kier alpha value is -1.63. The third-order valence-electron chi connectivity index (χ3n) is 2.79. The van der Waals surface area contributed by atoms with E-state index < -0.39 is 11.7 Å². The number of thiazole rings is 1. The van der Waals surface area contributed by atoms with Crippen molar-refractivity contribution in [3.05, 3.63) is 10.6 Å². The van der Waals surface area contributed by atoms with Crippen molar-refractivity contribution in [1.82, 2.24) is 10.3 Å². The fourth-order valence-corrected chi connectivity index (χ4v) is 3.07. The summed E-state index contributed by atoms with van der Waals surface area (Å²) < 4.78 is 5.18. The number of aryl methyl sites for hydroxylation is 1. The molecule has 0 aromatic carbocycles. The van der Waals surface area contributed by atoms with Crippen LogP contribution in [0.2, 0.25) is 0 Å². The van der Waals surface area contributed by atoms with Gasteiger partial charge in [0.15, 0.2) is 5.13 Å². The second-order valence-electron chi connectivity index (χ2n) is 5.80. The number of rotatable bonds is 2. The Kier molecular flexibility index (Phi) is 3.99. The highest BCUT2D eigenvalue weighted by atomic mass is 32.1. The van der Waals surface area contributed by atoms with Crippen LogP contribution in [0.4, 0.5) is 9.93 Å². The quantitative estimate of drug-likeness (QED) is 0.878. The zero-order chi connectivity index (χ0) is 14.9. The number of nitrogens with zero attached hydrogens (tertiary/aromatic N) is 1.